The van der Waals surface area contributed by atoms with Crippen LogP contribution in [0.1, 0.15) is 5.56 Å². The molecule has 1 N–H and O–H groups in total. The van der Waals surface area contributed by atoms with Crippen LogP contribution < -0.4 is 0 Å². The van der Waals surface area contributed by atoms with Gasteiger partial charge in [0.05, 0.1) is 11.8 Å². The first-order valence-corrected chi connectivity index (χ1v) is 7.07. The number of aromatic hydroxyl groups is 1. The van der Waals surface area contributed by atoms with Crippen molar-refractivity contribution in [3.05, 3.63) is 60.9 Å². The van der Waals surface area contributed by atoms with Gasteiger partial charge < -0.3 is 9.84 Å². The summed E-state index contributed by atoms with van der Waals surface area (Å²) in [6.45, 7) is 3.45. The molecule has 0 radical (unpaired) electrons. The van der Waals surface area contributed by atoms with Crippen LogP contribution in [0.5, 0.6) is 5.75 Å². The van der Waals surface area contributed by atoms with Crippen molar-refractivity contribution in [2.75, 3.05) is 0 Å². The summed E-state index contributed by atoms with van der Waals surface area (Å²) >= 11 is 0. The zero-order valence-electron chi connectivity index (χ0n) is 12.3. The van der Waals surface area contributed by atoms with E-state index >= 15 is 0 Å². The van der Waals surface area contributed by atoms with E-state index in [1.807, 2.05) is 24.3 Å². The molecular formula is C17H15N3O3. The number of hydrogen-bond donors (Lipinski definition) is 1. The van der Waals surface area contributed by atoms with Gasteiger partial charge in [0, 0.05) is 6.42 Å². The number of para-hydroxylation sites is 1. The number of fused-ring (bicyclic) bond motifs is 1. The number of nitrogens with zero attached hydrogens (tertiary/aromatic N) is 3. The van der Waals surface area contributed by atoms with Crippen LogP contribution in [-0.4, -0.2) is 32.5 Å². The predicted molar refractivity (Wildman–Crippen MR) is 85.4 cm³/mol. The number of aldehydes is 1. The van der Waals surface area contributed by atoms with Crippen molar-refractivity contribution >= 4 is 17.3 Å². The van der Waals surface area contributed by atoms with E-state index in [1.165, 1.54) is 6.26 Å². The lowest BCUT2D eigenvalue weighted by molar-refractivity contribution is -0.115. The molecule has 0 bridgehead atoms. The highest BCUT2D eigenvalue weighted by molar-refractivity contribution is 5.76. The van der Waals surface area contributed by atoms with Crippen LogP contribution in [0, 0.1) is 0 Å². The van der Waals surface area contributed by atoms with Crippen LogP contribution in [0.4, 0.5) is 0 Å². The van der Waals surface area contributed by atoms with Gasteiger partial charge in [0.1, 0.15) is 17.0 Å². The summed E-state index contributed by atoms with van der Waals surface area (Å²) < 4.78 is 6.69. The van der Waals surface area contributed by atoms with Crippen molar-refractivity contribution in [1.29, 1.82) is 0 Å². The van der Waals surface area contributed by atoms with Gasteiger partial charge >= 0.3 is 0 Å². The first kappa shape index (κ1) is 14.8. The van der Waals surface area contributed by atoms with Gasteiger partial charge in [-0.1, -0.05) is 30.0 Å². The van der Waals surface area contributed by atoms with E-state index in [-0.39, 0.29) is 5.75 Å². The summed E-state index contributed by atoms with van der Waals surface area (Å²) in [5.74, 6) is 0.0803. The fraction of sp³-hybridized carbons (Fsp3) is 0.118. The smallest absolute Gasteiger partial charge is 0.160 e. The maximum atomic E-state index is 11.0. The fourth-order valence-corrected chi connectivity index (χ4v) is 2.40. The Hall–Kier alpha value is -3.15. The second kappa shape index (κ2) is 6.31. The summed E-state index contributed by atoms with van der Waals surface area (Å²) in [6, 6.07) is 12.5. The van der Waals surface area contributed by atoms with Crippen molar-refractivity contribution in [3.8, 4) is 11.4 Å². The fourth-order valence-electron chi connectivity index (χ4n) is 2.40. The second-order valence-corrected chi connectivity index (χ2v) is 4.99. The van der Waals surface area contributed by atoms with Crippen LogP contribution in [0.3, 0.4) is 0 Å². The number of benzene rings is 2. The lowest BCUT2D eigenvalue weighted by Crippen LogP contribution is -2.15. The number of carbonyl (C=O) groups excluding carboxylic acids is 1. The third kappa shape index (κ3) is 2.91. The molecule has 1 atom stereocenters. The van der Waals surface area contributed by atoms with Gasteiger partial charge in [-0.15, -0.1) is 5.10 Å². The lowest BCUT2D eigenvalue weighted by atomic mass is 10.1. The number of rotatable bonds is 6. The summed E-state index contributed by atoms with van der Waals surface area (Å²) in [6.07, 6.45) is 1.72. The van der Waals surface area contributed by atoms with Crippen molar-refractivity contribution in [2.45, 2.75) is 12.5 Å². The molecule has 6 heteroatoms. The Labute approximate surface area is 132 Å². The molecule has 3 aromatic rings. The standard InChI is InChI=1S/C17H15N3O3/c1-2-23-13(11-21)9-12-7-8-17(22)16(10-12)20-15-6-4-3-5-14(15)18-19-20/h2-8,10-11,13,22H,1,9H2. The molecule has 23 heavy (non-hydrogen) atoms. The first-order chi connectivity index (χ1) is 11.2. The molecule has 0 aliphatic carbocycles. The Morgan fingerprint density at radius 1 is 1.30 bits per heavy atom. The Balaban J connectivity index is 2.01. The normalized spacial score (nSPS) is 12.0. The average molecular weight is 309 g/mol. The minimum atomic E-state index is -0.614. The average Bonchev–Trinajstić information content (AvgIpc) is 3.00. The van der Waals surface area contributed by atoms with Gasteiger partial charge in [0.15, 0.2) is 12.4 Å². The van der Waals surface area contributed by atoms with Crippen LogP contribution in [0.2, 0.25) is 0 Å². The molecule has 0 saturated heterocycles. The Morgan fingerprint density at radius 3 is 2.91 bits per heavy atom. The van der Waals surface area contributed by atoms with Crippen molar-refractivity contribution in [1.82, 2.24) is 15.0 Å². The van der Waals surface area contributed by atoms with Crippen molar-refractivity contribution < 1.29 is 14.6 Å². The Morgan fingerprint density at radius 2 is 2.13 bits per heavy atom. The molecule has 0 spiro atoms. The topological polar surface area (TPSA) is 77.2 Å². The van der Waals surface area contributed by atoms with Crippen LogP contribution in [0.25, 0.3) is 16.7 Å². The Kier molecular flexibility index (Phi) is 4.05. The molecule has 0 amide bonds. The molecule has 3 rings (SSSR count). The SMILES string of the molecule is C=COC(C=O)Cc1ccc(O)c(-n2nnc3ccccc32)c1. The van der Waals surface area contributed by atoms with Crippen molar-refractivity contribution in [2.24, 2.45) is 0 Å². The van der Waals surface area contributed by atoms with Crippen LogP contribution in [0.15, 0.2) is 55.3 Å². The van der Waals surface area contributed by atoms with Gasteiger partial charge in [-0.05, 0) is 29.8 Å². The molecule has 1 aromatic heterocycles. The molecule has 116 valence electrons. The van der Waals surface area contributed by atoms with Crippen molar-refractivity contribution in [3.63, 3.8) is 0 Å². The summed E-state index contributed by atoms with van der Waals surface area (Å²) in [5.41, 5.74) is 2.85. The summed E-state index contributed by atoms with van der Waals surface area (Å²) in [7, 11) is 0. The van der Waals surface area contributed by atoms with E-state index in [4.69, 9.17) is 4.74 Å². The molecular weight excluding hydrogens is 294 g/mol. The van der Waals surface area contributed by atoms with Crippen LogP contribution >= 0.6 is 0 Å². The number of aromatic nitrogens is 3. The van der Waals surface area contributed by atoms with E-state index in [1.54, 1.807) is 22.9 Å². The maximum absolute atomic E-state index is 11.0. The van der Waals surface area contributed by atoms with Gasteiger partial charge in [-0.2, -0.15) is 0 Å². The lowest BCUT2D eigenvalue weighted by Gasteiger charge is -2.12. The molecule has 2 aromatic carbocycles. The number of carbonyl (C=O) groups is 1. The molecule has 0 aliphatic heterocycles. The minimum absolute atomic E-state index is 0.0803. The number of phenols is 1. The zero-order valence-corrected chi connectivity index (χ0v) is 12.3. The molecule has 1 heterocycles. The summed E-state index contributed by atoms with van der Waals surface area (Å²) in [4.78, 5) is 11.0. The van der Waals surface area contributed by atoms with E-state index in [9.17, 15) is 9.90 Å². The molecule has 0 saturated carbocycles. The Bertz CT molecular complexity index is 857. The van der Waals surface area contributed by atoms with Gasteiger partial charge in [-0.3, -0.25) is 4.79 Å². The first-order valence-electron chi connectivity index (χ1n) is 7.07. The highest BCUT2D eigenvalue weighted by Gasteiger charge is 2.13. The minimum Gasteiger partial charge on any atom is -0.506 e. The number of hydrogen-bond acceptors (Lipinski definition) is 5. The highest BCUT2D eigenvalue weighted by atomic mass is 16.5. The predicted octanol–water partition coefficient (Wildman–Crippen LogP) is 2.40. The maximum Gasteiger partial charge on any atom is 0.160 e. The number of ether oxygens (including phenoxy) is 1. The third-order valence-corrected chi connectivity index (χ3v) is 3.48. The van der Waals surface area contributed by atoms with Gasteiger partial charge in [0.2, 0.25) is 0 Å². The van der Waals surface area contributed by atoms with E-state index in [0.717, 1.165) is 22.9 Å². The van der Waals surface area contributed by atoms with E-state index in [0.29, 0.717) is 12.1 Å². The monoisotopic (exact) mass is 309 g/mol. The molecule has 6 nitrogen and oxygen atoms in total. The van der Waals surface area contributed by atoms with E-state index < -0.39 is 6.10 Å². The quantitative estimate of drug-likeness (QED) is 0.559. The van der Waals surface area contributed by atoms with Gasteiger partial charge in [0.25, 0.3) is 0 Å². The van der Waals surface area contributed by atoms with Crippen LogP contribution in [-0.2, 0) is 16.0 Å². The molecule has 0 aliphatic rings. The second-order valence-electron chi connectivity index (χ2n) is 4.99. The summed E-state index contributed by atoms with van der Waals surface area (Å²) in [5, 5.41) is 18.3. The highest BCUT2D eigenvalue weighted by Crippen LogP contribution is 2.26. The molecule has 0 fully saturated rings. The van der Waals surface area contributed by atoms with Gasteiger partial charge in [-0.25, -0.2) is 4.68 Å². The number of phenolic OH excluding ortho intramolecular Hbond substituents is 1. The third-order valence-electron chi connectivity index (χ3n) is 3.48. The van der Waals surface area contributed by atoms with E-state index in [2.05, 4.69) is 16.9 Å². The largest absolute Gasteiger partial charge is 0.506 e. The zero-order chi connectivity index (χ0) is 16.2. The molecule has 1 unspecified atom stereocenters.